The minimum Gasteiger partial charge on any atom is -0.324 e. The average molecular weight is 303 g/mol. The molecule has 2 aromatic carbocycles. The van der Waals surface area contributed by atoms with Gasteiger partial charge in [-0.15, -0.1) is 12.4 Å². The van der Waals surface area contributed by atoms with Crippen LogP contribution in [0.15, 0.2) is 48.5 Å². The van der Waals surface area contributed by atoms with Gasteiger partial charge in [-0.1, -0.05) is 53.5 Å². The van der Waals surface area contributed by atoms with E-state index in [0.717, 1.165) is 12.0 Å². The van der Waals surface area contributed by atoms with Gasteiger partial charge >= 0.3 is 0 Å². The molecule has 0 bridgehead atoms. The van der Waals surface area contributed by atoms with Crippen molar-refractivity contribution in [3.63, 3.8) is 0 Å². The molecule has 0 aliphatic carbocycles. The summed E-state index contributed by atoms with van der Waals surface area (Å²) < 4.78 is 0. The van der Waals surface area contributed by atoms with Gasteiger partial charge in [0.2, 0.25) is 0 Å². The minimum atomic E-state index is -0.0893. The molecule has 1 nitrogen and oxygen atoms in total. The van der Waals surface area contributed by atoms with E-state index in [4.69, 9.17) is 28.9 Å². The fourth-order valence-electron chi connectivity index (χ4n) is 1.78. The summed E-state index contributed by atoms with van der Waals surface area (Å²) in [5, 5.41) is 1.24. The summed E-state index contributed by atoms with van der Waals surface area (Å²) in [7, 11) is 0. The third-order valence-corrected chi connectivity index (χ3v) is 3.05. The average Bonchev–Trinajstić information content (AvgIpc) is 2.29. The molecule has 0 spiro atoms. The van der Waals surface area contributed by atoms with E-state index in [9.17, 15) is 0 Å². The maximum Gasteiger partial charge on any atom is 0.0424 e. The van der Waals surface area contributed by atoms with Crippen LogP contribution < -0.4 is 5.73 Å². The van der Waals surface area contributed by atoms with Crippen LogP contribution in [0.2, 0.25) is 10.0 Å². The zero-order valence-electron chi connectivity index (χ0n) is 9.64. The summed E-state index contributed by atoms with van der Waals surface area (Å²) in [6.07, 6.45) is 0.775. The Hall–Kier alpha value is -0.730. The van der Waals surface area contributed by atoms with Crippen molar-refractivity contribution in [2.45, 2.75) is 12.5 Å². The van der Waals surface area contributed by atoms with Crippen LogP contribution in [-0.4, -0.2) is 0 Å². The quantitative estimate of drug-likeness (QED) is 0.877. The molecule has 2 rings (SSSR count). The summed E-state index contributed by atoms with van der Waals surface area (Å²) in [4.78, 5) is 0. The van der Waals surface area contributed by atoms with Crippen molar-refractivity contribution in [3.8, 4) is 0 Å². The maximum absolute atomic E-state index is 6.15. The number of rotatable bonds is 3. The van der Waals surface area contributed by atoms with Crippen molar-refractivity contribution >= 4 is 35.6 Å². The van der Waals surface area contributed by atoms with Crippen molar-refractivity contribution in [2.24, 2.45) is 5.73 Å². The first kappa shape index (κ1) is 15.3. The Morgan fingerprint density at radius 1 is 0.944 bits per heavy atom. The van der Waals surface area contributed by atoms with Crippen LogP contribution in [0.3, 0.4) is 0 Å². The molecule has 18 heavy (non-hydrogen) atoms. The minimum absolute atomic E-state index is 0. The van der Waals surface area contributed by atoms with Crippen molar-refractivity contribution in [2.75, 3.05) is 0 Å². The summed E-state index contributed by atoms with van der Waals surface area (Å²) >= 11 is 11.9. The third kappa shape index (κ3) is 4.18. The summed E-state index contributed by atoms with van der Waals surface area (Å²) in [5.41, 5.74) is 8.32. The fourth-order valence-corrected chi connectivity index (χ4v) is 2.32. The van der Waals surface area contributed by atoms with E-state index in [0.29, 0.717) is 10.0 Å². The van der Waals surface area contributed by atoms with Gasteiger partial charge in [0.05, 0.1) is 0 Å². The number of nitrogens with two attached hydrogens (primary N) is 1. The van der Waals surface area contributed by atoms with Crippen molar-refractivity contribution < 1.29 is 0 Å². The molecule has 1 atom stereocenters. The molecule has 4 heteroatoms. The molecule has 2 N–H and O–H groups in total. The van der Waals surface area contributed by atoms with E-state index in [1.165, 1.54) is 5.56 Å². The molecule has 2 aromatic rings. The van der Waals surface area contributed by atoms with Crippen LogP contribution >= 0.6 is 35.6 Å². The molecule has 0 aliphatic rings. The van der Waals surface area contributed by atoms with E-state index < -0.39 is 0 Å². The number of hydrogen-bond donors (Lipinski definition) is 1. The summed E-state index contributed by atoms with van der Waals surface area (Å²) in [6.45, 7) is 0. The zero-order valence-corrected chi connectivity index (χ0v) is 12.0. The monoisotopic (exact) mass is 301 g/mol. The Balaban J connectivity index is 0.00000162. The molecule has 0 saturated carbocycles. The number of halogens is 3. The van der Waals surface area contributed by atoms with E-state index in [-0.39, 0.29) is 18.4 Å². The highest BCUT2D eigenvalue weighted by Crippen LogP contribution is 2.24. The van der Waals surface area contributed by atoms with Gasteiger partial charge in [0.1, 0.15) is 0 Å². The molecule has 0 radical (unpaired) electrons. The SMILES string of the molecule is Cl.NC(Cc1ccccc1)c1cc(Cl)cc(Cl)c1. The molecule has 0 aliphatic heterocycles. The molecular formula is C14H14Cl3N. The van der Waals surface area contributed by atoms with Crippen molar-refractivity contribution in [1.82, 2.24) is 0 Å². The molecule has 0 aromatic heterocycles. The van der Waals surface area contributed by atoms with Gasteiger partial charge in [-0.3, -0.25) is 0 Å². The van der Waals surface area contributed by atoms with Crippen LogP contribution in [0.4, 0.5) is 0 Å². The Kier molecular flexibility index (Phi) is 5.97. The molecular weight excluding hydrogens is 289 g/mol. The van der Waals surface area contributed by atoms with Gasteiger partial charge < -0.3 is 5.73 Å². The summed E-state index contributed by atoms with van der Waals surface area (Å²) in [6, 6.07) is 15.5. The lowest BCUT2D eigenvalue weighted by atomic mass is 10.00. The molecule has 0 amide bonds. The third-order valence-electron chi connectivity index (χ3n) is 2.61. The lowest BCUT2D eigenvalue weighted by Gasteiger charge is -2.13. The van der Waals surface area contributed by atoms with Gasteiger partial charge in [-0.2, -0.15) is 0 Å². The van der Waals surface area contributed by atoms with Crippen molar-refractivity contribution in [3.05, 3.63) is 69.7 Å². The van der Waals surface area contributed by atoms with Gasteiger partial charge in [-0.05, 0) is 35.7 Å². The van der Waals surface area contributed by atoms with Crippen LogP contribution in [0.25, 0.3) is 0 Å². The van der Waals surface area contributed by atoms with Crippen LogP contribution in [0.1, 0.15) is 17.2 Å². The second-order valence-corrected chi connectivity index (χ2v) is 4.87. The zero-order chi connectivity index (χ0) is 12.3. The van der Waals surface area contributed by atoms with Crippen LogP contribution in [-0.2, 0) is 6.42 Å². The first-order valence-electron chi connectivity index (χ1n) is 5.40. The molecule has 0 fully saturated rings. The highest BCUT2D eigenvalue weighted by atomic mass is 35.5. The summed E-state index contributed by atoms with van der Waals surface area (Å²) in [5.74, 6) is 0. The van der Waals surface area contributed by atoms with E-state index in [1.54, 1.807) is 6.07 Å². The second-order valence-electron chi connectivity index (χ2n) is 4.00. The fraction of sp³-hybridized carbons (Fsp3) is 0.143. The first-order valence-corrected chi connectivity index (χ1v) is 6.16. The van der Waals surface area contributed by atoms with E-state index in [1.807, 2.05) is 30.3 Å². The lowest BCUT2D eigenvalue weighted by molar-refractivity contribution is 0.722. The van der Waals surface area contributed by atoms with Gasteiger partial charge in [0, 0.05) is 16.1 Å². The smallest absolute Gasteiger partial charge is 0.0424 e. The van der Waals surface area contributed by atoms with Gasteiger partial charge in [-0.25, -0.2) is 0 Å². The Morgan fingerprint density at radius 3 is 2.06 bits per heavy atom. The number of hydrogen-bond acceptors (Lipinski definition) is 1. The normalized spacial score (nSPS) is 11.7. The second kappa shape index (κ2) is 7.01. The topological polar surface area (TPSA) is 26.0 Å². The largest absolute Gasteiger partial charge is 0.324 e. The predicted molar refractivity (Wildman–Crippen MR) is 80.8 cm³/mol. The molecule has 1 unspecified atom stereocenters. The maximum atomic E-state index is 6.15. The number of benzene rings is 2. The molecule has 0 saturated heterocycles. The molecule has 96 valence electrons. The Morgan fingerprint density at radius 2 is 1.50 bits per heavy atom. The highest BCUT2D eigenvalue weighted by molar-refractivity contribution is 6.34. The first-order chi connectivity index (χ1) is 8.15. The highest BCUT2D eigenvalue weighted by Gasteiger charge is 2.08. The lowest BCUT2D eigenvalue weighted by Crippen LogP contribution is -2.13. The molecule has 0 heterocycles. The standard InChI is InChI=1S/C14H13Cl2N.ClH/c15-12-7-11(8-13(16)9-12)14(17)6-10-4-2-1-3-5-10;/h1-5,7-9,14H,6,17H2;1H. The van der Waals surface area contributed by atoms with E-state index in [2.05, 4.69) is 12.1 Å². The van der Waals surface area contributed by atoms with Crippen molar-refractivity contribution in [1.29, 1.82) is 0 Å². The van der Waals surface area contributed by atoms with Gasteiger partial charge in [0.15, 0.2) is 0 Å². The predicted octanol–water partition coefficient (Wildman–Crippen LogP) is 4.66. The van der Waals surface area contributed by atoms with Crippen LogP contribution in [0.5, 0.6) is 0 Å². The van der Waals surface area contributed by atoms with Crippen LogP contribution in [0, 0.1) is 0 Å². The Labute approximate surface area is 123 Å². The van der Waals surface area contributed by atoms with E-state index >= 15 is 0 Å². The van der Waals surface area contributed by atoms with Gasteiger partial charge in [0.25, 0.3) is 0 Å². The Bertz CT molecular complexity index is 479.